The molecule has 0 atom stereocenters. The Kier molecular flexibility index (Phi) is 6.83. The van der Waals surface area contributed by atoms with Crippen molar-refractivity contribution in [1.29, 1.82) is 0 Å². The van der Waals surface area contributed by atoms with Crippen molar-refractivity contribution in [3.8, 4) is 0 Å². The average Bonchev–Trinajstić information content (AvgIpc) is 2.87. The molecule has 3 nitrogen and oxygen atoms in total. The zero-order valence-corrected chi connectivity index (χ0v) is 20.2. The van der Waals surface area contributed by atoms with Gasteiger partial charge in [0.1, 0.15) is 0 Å². The number of rotatable bonds is 7. The average molecular weight is 476 g/mol. The molecule has 0 unspecified atom stereocenters. The number of ether oxygens (including phenoxy) is 1. The second-order valence-electron chi connectivity index (χ2n) is 7.99. The van der Waals surface area contributed by atoms with Gasteiger partial charge in [0.05, 0.1) is 0 Å². The number of amides is 1. The van der Waals surface area contributed by atoms with Crippen molar-refractivity contribution in [2.75, 3.05) is 18.1 Å². The SMILES string of the molecule is Cc1ccccc1NC(=O)OCCP(Cl)(c1ccccc1)(c1ccccc1)c1ccccc1. The first kappa shape index (κ1) is 23.0. The molecular weight excluding hydrogens is 449 g/mol. The number of hydrogen-bond donors (Lipinski definition) is 1. The van der Waals surface area contributed by atoms with Crippen LogP contribution >= 0.6 is 17.2 Å². The van der Waals surface area contributed by atoms with Gasteiger partial charge in [-0.3, -0.25) is 0 Å². The number of halogens is 1. The van der Waals surface area contributed by atoms with Gasteiger partial charge in [0.2, 0.25) is 0 Å². The van der Waals surface area contributed by atoms with Crippen molar-refractivity contribution in [2.45, 2.75) is 6.92 Å². The molecule has 0 aromatic heterocycles. The molecular formula is C28H27ClNO2P. The first-order chi connectivity index (χ1) is 16.0. The Hall–Kier alpha value is -3.13. The summed E-state index contributed by atoms with van der Waals surface area (Å²) in [4.78, 5) is 12.6. The van der Waals surface area contributed by atoms with E-state index in [4.69, 9.17) is 16.0 Å². The summed E-state index contributed by atoms with van der Waals surface area (Å²) in [5, 5.41) is 5.98. The number of nitrogens with one attached hydrogen (secondary N) is 1. The fourth-order valence-electron chi connectivity index (χ4n) is 4.22. The third-order valence-electron chi connectivity index (χ3n) is 6.01. The fourth-order valence-corrected chi connectivity index (χ4v) is 9.93. The van der Waals surface area contributed by atoms with Crippen LogP contribution in [-0.4, -0.2) is 18.9 Å². The van der Waals surface area contributed by atoms with Gasteiger partial charge in [-0.1, -0.05) is 0 Å². The van der Waals surface area contributed by atoms with E-state index in [-0.39, 0.29) is 6.61 Å². The van der Waals surface area contributed by atoms with Gasteiger partial charge in [-0.15, -0.1) is 0 Å². The number of hydrogen-bond acceptors (Lipinski definition) is 2. The molecule has 168 valence electrons. The van der Waals surface area contributed by atoms with Crippen LogP contribution in [0.25, 0.3) is 0 Å². The van der Waals surface area contributed by atoms with Gasteiger partial charge in [-0.05, 0) is 0 Å². The maximum absolute atomic E-state index is 12.6. The van der Waals surface area contributed by atoms with Gasteiger partial charge in [0.25, 0.3) is 0 Å². The van der Waals surface area contributed by atoms with Gasteiger partial charge in [-0.2, -0.15) is 0 Å². The Bertz CT molecular complexity index is 1120. The van der Waals surface area contributed by atoms with Gasteiger partial charge < -0.3 is 0 Å². The second kappa shape index (κ2) is 9.79. The van der Waals surface area contributed by atoms with E-state index >= 15 is 0 Å². The Balaban J connectivity index is 1.71. The molecule has 0 saturated carbocycles. The molecule has 0 bridgehead atoms. The molecule has 0 aliphatic heterocycles. The Labute approximate surface area is 200 Å². The van der Waals surface area contributed by atoms with Crippen LogP contribution in [0, 0.1) is 6.92 Å². The van der Waals surface area contributed by atoms with Crippen molar-refractivity contribution in [3.05, 3.63) is 121 Å². The van der Waals surface area contributed by atoms with E-state index in [2.05, 4.69) is 41.7 Å². The number of carbonyl (C=O) groups is 1. The number of carbonyl (C=O) groups excluding carboxylic acids is 1. The van der Waals surface area contributed by atoms with Gasteiger partial charge in [-0.25, -0.2) is 0 Å². The van der Waals surface area contributed by atoms with Crippen LogP contribution in [0.2, 0.25) is 0 Å². The molecule has 1 N–H and O–H groups in total. The molecule has 0 fully saturated rings. The zero-order chi connectivity index (χ0) is 23.2. The third kappa shape index (κ3) is 4.53. The molecule has 4 aromatic carbocycles. The number of anilines is 1. The predicted molar refractivity (Wildman–Crippen MR) is 142 cm³/mol. The van der Waals surface area contributed by atoms with E-state index in [1.54, 1.807) is 0 Å². The van der Waals surface area contributed by atoms with E-state index in [9.17, 15) is 4.79 Å². The normalized spacial score (nSPS) is 12.4. The topological polar surface area (TPSA) is 38.3 Å². The summed E-state index contributed by atoms with van der Waals surface area (Å²) in [6, 6.07) is 38.1. The van der Waals surface area contributed by atoms with Gasteiger partial charge in [0.15, 0.2) is 0 Å². The fraction of sp³-hybridized carbons (Fsp3) is 0.107. The summed E-state index contributed by atoms with van der Waals surface area (Å²) < 4.78 is 5.68. The predicted octanol–water partition coefficient (Wildman–Crippen LogP) is 6.23. The standard InChI is InChI=1S/C28H27ClNO2P/c1-23-13-11-12-20-27(23)30-28(31)32-21-22-33(29,24-14-5-2-6-15-24,25-16-7-3-8-17-25)26-18-9-4-10-19-26/h2-20H,21-22H2,1H3,(H,30,31). The molecule has 0 saturated heterocycles. The number of benzene rings is 4. The van der Waals surface area contributed by atoms with E-state index in [1.165, 1.54) is 0 Å². The molecule has 4 aromatic rings. The second-order valence-corrected chi connectivity index (χ2v) is 14.6. The summed E-state index contributed by atoms with van der Waals surface area (Å²) in [5.74, 6) is -3.44. The van der Waals surface area contributed by atoms with E-state index in [0.717, 1.165) is 27.2 Å². The summed E-state index contributed by atoms with van der Waals surface area (Å²) in [6.45, 7) is 2.12. The van der Waals surface area contributed by atoms with Gasteiger partial charge in [0, 0.05) is 0 Å². The summed E-state index contributed by atoms with van der Waals surface area (Å²) in [7, 11) is 0. The molecule has 0 spiro atoms. The zero-order valence-electron chi connectivity index (χ0n) is 18.5. The monoisotopic (exact) mass is 475 g/mol. The van der Waals surface area contributed by atoms with Crippen molar-refractivity contribution in [2.24, 2.45) is 0 Å². The van der Waals surface area contributed by atoms with E-state index in [1.807, 2.05) is 85.8 Å². The first-order valence-corrected chi connectivity index (χ1v) is 14.2. The first-order valence-electron chi connectivity index (χ1n) is 10.9. The molecule has 1 amide bonds. The van der Waals surface area contributed by atoms with Crippen LogP contribution in [0.4, 0.5) is 10.5 Å². The quantitative estimate of drug-likeness (QED) is 0.322. The maximum atomic E-state index is 12.6. The van der Waals surface area contributed by atoms with Crippen LogP contribution < -0.4 is 21.2 Å². The van der Waals surface area contributed by atoms with Crippen molar-refractivity contribution >= 4 is 44.9 Å². The Morgan fingerprint density at radius 1 is 0.727 bits per heavy atom. The molecule has 33 heavy (non-hydrogen) atoms. The Morgan fingerprint density at radius 2 is 1.15 bits per heavy atom. The van der Waals surface area contributed by atoms with E-state index in [0.29, 0.717) is 6.16 Å². The van der Waals surface area contributed by atoms with Crippen LogP contribution in [0.5, 0.6) is 0 Å². The molecule has 4 rings (SSSR count). The van der Waals surface area contributed by atoms with Crippen LogP contribution in [0.3, 0.4) is 0 Å². The summed E-state index contributed by atoms with van der Waals surface area (Å²) >= 11 is 7.96. The summed E-state index contributed by atoms with van der Waals surface area (Å²) in [6.07, 6.45) is -0.00736. The molecule has 0 aliphatic carbocycles. The molecule has 5 heteroatoms. The molecule has 0 radical (unpaired) electrons. The third-order valence-corrected chi connectivity index (χ3v) is 13.4. The van der Waals surface area contributed by atoms with Crippen molar-refractivity contribution < 1.29 is 9.53 Å². The molecule has 0 aliphatic rings. The summed E-state index contributed by atoms with van der Waals surface area (Å²) in [5.41, 5.74) is 1.71. The van der Waals surface area contributed by atoms with Crippen molar-refractivity contribution in [3.63, 3.8) is 0 Å². The van der Waals surface area contributed by atoms with Crippen LogP contribution in [-0.2, 0) is 4.74 Å². The number of para-hydroxylation sites is 1. The Morgan fingerprint density at radius 3 is 1.61 bits per heavy atom. The number of aryl methyl sites for hydroxylation is 1. The minimum atomic E-state index is -3.44. The van der Waals surface area contributed by atoms with Crippen molar-refractivity contribution in [1.82, 2.24) is 0 Å². The van der Waals surface area contributed by atoms with Crippen LogP contribution in [0.15, 0.2) is 115 Å². The minimum absolute atomic E-state index is 0.178. The van der Waals surface area contributed by atoms with Crippen LogP contribution in [0.1, 0.15) is 5.56 Å². The molecule has 0 heterocycles. The van der Waals surface area contributed by atoms with E-state index < -0.39 is 12.0 Å². The van der Waals surface area contributed by atoms with Gasteiger partial charge >= 0.3 is 200 Å².